The fourth-order valence-corrected chi connectivity index (χ4v) is 2.94. The first-order chi connectivity index (χ1) is 9.15. The van der Waals surface area contributed by atoms with Gasteiger partial charge in [0.2, 0.25) is 0 Å². The molecule has 3 heteroatoms. The van der Waals surface area contributed by atoms with Gasteiger partial charge in [-0.1, -0.05) is 23.7 Å². The van der Waals surface area contributed by atoms with E-state index in [2.05, 4.69) is 22.0 Å². The van der Waals surface area contributed by atoms with Gasteiger partial charge in [-0.15, -0.1) is 0 Å². The van der Waals surface area contributed by atoms with Crippen LogP contribution in [0.4, 0.5) is 0 Å². The minimum absolute atomic E-state index is 0.0316. The second kappa shape index (κ2) is 5.10. The van der Waals surface area contributed by atoms with Gasteiger partial charge in [0, 0.05) is 15.6 Å². The van der Waals surface area contributed by atoms with E-state index in [1.807, 2.05) is 18.2 Å². The summed E-state index contributed by atoms with van der Waals surface area (Å²) in [5.74, 6) is 0.0316. The molecule has 0 aromatic heterocycles. The number of benzene rings is 2. The molecule has 1 aliphatic rings. The molecule has 0 spiro atoms. The van der Waals surface area contributed by atoms with Crippen LogP contribution in [0.3, 0.4) is 0 Å². The lowest BCUT2D eigenvalue weighted by Gasteiger charge is -2.05. The third-order valence-corrected chi connectivity index (χ3v) is 4.77. The van der Waals surface area contributed by atoms with Gasteiger partial charge < -0.3 is 0 Å². The predicted molar refractivity (Wildman–Crippen MR) is 81.1 cm³/mol. The molecule has 0 unspecified atom stereocenters. The molecule has 0 radical (unpaired) electrons. The van der Waals surface area contributed by atoms with E-state index in [1.54, 1.807) is 12.1 Å². The molecule has 0 fully saturated rings. The molecule has 0 saturated carbocycles. The van der Waals surface area contributed by atoms with E-state index < -0.39 is 0 Å². The molecular formula is C16H12BrClO. The molecule has 3 rings (SSSR count). The van der Waals surface area contributed by atoms with Crippen molar-refractivity contribution in [1.82, 2.24) is 0 Å². The van der Waals surface area contributed by atoms with Crippen molar-refractivity contribution in [3.63, 3.8) is 0 Å². The minimum atomic E-state index is 0.0316. The fourth-order valence-electron chi connectivity index (χ4n) is 2.52. The Morgan fingerprint density at radius 3 is 2.47 bits per heavy atom. The highest BCUT2D eigenvalue weighted by Gasteiger charge is 2.15. The lowest BCUT2D eigenvalue weighted by Crippen LogP contribution is -2.02. The number of aryl methyl sites for hydroxylation is 2. The first-order valence-electron chi connectivity index (χ1n) is 6.27. The van der Waals surface area contributed by atoms with Gasteiger partial charge in [-0.3, -0.25) is 4.79 Å². The molecule has 96 valence electrons. The number of hydrogen-bond acceptors (Lipinski definition) is 1. The Morgan fingerprint density at radius 1 is 1.00 bits per heavy atom. The minimum Gasteiger partial charge on any atom is -0.289 e. The Labute approximate surface area is 125 Å². The number of fused-ring (bicyclic) bond motifs is 1. The highest BCUT2D eigenvalue weighted by Crippen LogP contribution is 2.26. The summed E-state index contributed by atoms with van der Waals surface area (Å²) in [5.41, 5.74) is 4.07. The van der Waals surface area contributed by atoms with Crippen LogP contribution in [0, 0.1) is 0 Å². The second-order valence-corrected chi connectivity index (χ2v) is 6.06. The lowest BCUT2D eigenvalue weighted by molar-refractivity contribution is 0.103. The summed E-state index contributed by atoms with van der Waals surface area (Å²) in [4.78, 5) is 12.4. The molecule has 0 bridgehead atoms. The first-order valence-corrected chi connectivity index (χ1v) is 7.44. The summed E-state index contributed by atoms with van der Waals surface area (Å²) in [5, 5.41) is 0.562. The molecule has 2 aromatic rings. The largest absolute Gasteiger partial charge is 0.289 e. The van der Waals surface area contributed by atoms with Gasteiger partial charge in [0.1, 0.15) is 0 Å². The van der Waals surface area contributed by atoms with Gasteiger partial charge in [-0.25, -0.2) is 0 Å². The smallest absolute Gasteiger partial charge is 0.193 e. The standard InChI is InChI=1S/C16H12BrClO/c17-14-7-6-13(9-15(14)18)16(19)12-5-4-10-2-1-3-11(10)8-12/h4-9H,1-3H2. The quantitative estimate of drug-likeness (QED) is 0.719. The third-order valence-electron chi connectivity index (χ3n) is 3.54. The Kier molecular flexibility index (Phi) is 3.46. The van der Waals surface area contributed by atoms with Gasteiger partial charge in [0.05, 0.1) is 5.02 Å². The van der Waals surface area contributed by atoms with Gasteiger partial charge >= 0.3 is 0 Å². The second-order valence-electron chi connectivity index (χ2n) is 4.80. The zero-order valence-corrected chi connectivity index (χ0v) is 12.6. The summed E-state index contributed by atoms with van der Waals surface area (Å²) < 4.78 is 0.805. The molecule has 1 aliphatic carbocycles. The van der Waals surface area contributed by atoms with Gasteiger partial charge in [-0.05, 0) is 70.6 Å². The molecule has 0 atom stereocenters. The van der Waals surface area contributed by atoms with Crippen LogP contribution in [-0.4, -0.2) is 5.78 Å². The van der Waals surface area contributed by atoms with E-state index in [1.165, 1.54) is 17.5 Å². The molecule has 0 amide bonds. The number of rotatable bonds is 2. The Hall–Kier alpha value is -1.12. The maximum atomic E-state index is 12.4. The molecule has 0 N–H and O–H groups in total. The maximum absolute atomic E-state index is 12.4. The zero-order valence-electron chi connectivity index (χ0n) is 10.2. The van der Waals surface area contributed by atoms with Crippen molar-refractivity contribution in [2.45, 2.75) is 19.3 Å². The average molecular weight is 336 g/mol. The third kappa shape index (κ3) is 2.47. The van der Waals surface area contributed by atoms with Crippen LogP contribution in [0.2, 0.25) is 5.02 Å². The van der Waals surface area contributed by atoms with E-state index >= 15 is 0 Å². The van der Waals surface area contributed by atoms with E-state index in [0.717, 1.165) is 22.9 Å². The molecule has 1 nitrogen and oxygen atoms in total. The predicted octanol–water partition coefficient (Wildman–Crippen LogP) is 4.82. The van der Waals surface area contributed by atoms with Crippen LogP contribution in [0.1, 0.15) is 33.5 Å². The van der Waals surface area contributed by atoms with E-state index in [-0.39, 0.29) is 5.78 Å². The zero-order chi connectivity index (χ0) is 13.4. The van der Waals surface area contributed by atoms with E-state index in [0.29, 0.717) is 10.6 Å². The average Bonchev–Trinajstić information content (AvgIpc) is 2.88. The molecular weight excluding hydrogens is 324 g/mol. The van der Waals surface area contributed by atoms with Crippen LogP contribution in [0.15, 0.2) is 40.9 Å². The SMILES string of the molecule is O=C(c1ccc(Br)c(Cl)c1)c1ccc2c(c1)CCC2. The van der Waals surface area contributed by atoms with Crippen LogP contribution >= 0.6 is 27.5 Å². The molecule has 0 aliphatic heterocycles. The van der Waals surface area contributed by atoms with Crippen molar-refractivity contribution >= 4 is 33.3 Å². The summed E-state index contributed by atoms with van der Waals surface area (Å²) >= 11 is 9.37. The monoisotopic (exact) mass is 334 g/mol. The summed E-state index contributed by atoms with van der Waals surface area (Å²) in [6, 6.07) is 11.3. The number of carbonyl (C=O) groups excluding carboxylic acids is 1. The molecule has 19 heavy (non-hydrogen) atoms. The summed E-state index contributed by atoms with van der Waals surface area (Å²) in [7, 11) is 0. The van der Waals surface area contributed by atoms with Crippen molar-refractivity contribution < 1.29 is 4.79 Å². The normalized spacial score (nSPS) is 13.4. The Morgan fingerprint density at radius 2 is 1.68 bits per heavy atom. The highest BCUT2D eigenvalue weighted by atomic mass is 79.9. The summed E-state index contributed by atoms with van der Waals surface area (Å²) in [6.45, 7) is 0. The maximum Gasteiger partial charge on any atom is 0.193 e. The van der Waals surface area contributed by atoms with Crippen LogP contribution < -0.4 is 0 Å². The fraction of sp³-hybridized carbons (Fsp3) is 0.188. The van der Waals surface area contributed by atoms with Crippen molar-refractivity contribution in [2.75, 3.05) is 0 Å². The van der Waals surface area contributed by atoms with Crippen molar-refractivity contribution in [2.24, 2.45) is 0 Å². The number of carbonyl (C=O) groups is 1. The molecule has 0 saturated heterocycles. The number of halogens is 2. The number of ketones is 1. The molecule has 0 heterocycles. The van der Waals surface area contributed by atoms with E-state index in [9.17, 15) is 4.79 Å². The van der Waals surface area contributed by atoms with Crippen molar-refractivity contribution in [1.29, 1.82) is 0 Å². The van der Waals surface area contributed by atoms with Gasteiger partial charge in [-0.2, -0.15) is 0 Å². The van der Waals surface area contributed by atoms with Crippen molar-refractivity contribution in [3.05, 3.63) is 68.1 Å². The lowest BCUT2D eigenvalue weighted by atomic mass is 9.99. The highest BCUT2D eigenvalue weighted by molar-refractivity contribution is 9.10. The topological polar surface area (TPSA) is 17.1 Å². The van der Waals surface area contributed by atoms with Crippen molar-refractivity contribution in [3.8, 4) is 0 Å². The van der Waals surface area contributed by atoms with Gasteiger partial charge in [0.15, 0.2) is 5.78 Å². The van der Waals surface area contributed by atoms with Crippen LogP contribution in [-0.2, 0) is 12.8 Å². The number of hydrogen-bond donors (Lipinski definition) is 0. The van der Waals surface area contributed by atoms with Crippen LogP contribution in [0.25, 0.3) is 0 Å². The first kappa shape index (κ1) is 12.9. The Bertz CT molecular complexity index is 664. The Balaban J connectivity index is 1.97. The molecule has 2 aromatic carbocycles. The van der Waals surface area contributed by atoms with Crippen LogP contribution in [0.5, 0.6) is 0 Å². The summed E-state index contributed by atoms with van der Waals surface area (Å²) in [6.07, 6.45) is 3.41. The van der Waals surface area contributed by atoms with E-state index in [4.69, 9.17) is 11.6 Å². The van der Waals surface area contributed by atoms with Gasteiger partial charge in [0.25, 0.3) is 0 Å².